The van der Waals surface area contributed by atoms with Crippen LogP contribution in [0, 0.1) is 10.1 Å². The van der Waals surface area contributed by atoms with Gasteiger partial charge in [0.25, 0.3) is 5.69 Å². The molecule has 3 aromatic rings. The summed E-state index contributed by atoms with van der Waals surface area (Å²) >= 11 is 3.54. The van der Waals surface area contributed by atoms with Crippen molar-refractivity contribution in [3.63, 3.8) is 0 Å². The Kier molecular flexibility index (Phi) is 4.61. The van der Waals surface area contributed by atoms with Crippen LogP contribution in [0.25, 0.3) is 10.8 Å². The summed E-state index contributed by atoms with van der Waals surface area (Å²) in [7, 11) is 3.98. The van der Waals surface area contributed by atoms with Crippen LogP contribution in [0.4, 0.5) is 5.69 Å². The molecule has 5 nitrogen and oxygen atoms in total. The summed E-state index contributed by atoms with van der Waals surface area (Å²) in [6, 6.07) is 17.4. The molecule has 0 unspecified atom stereocenters. The third-order valence-electron chi connectivity index (χ3n) is 5.12. The van der Waals surface area contributed by atoms with Gasteiger partial charge < -0.3 is 4.74 Å². The van der Waals surface area contributed by atoms with Crippen molar-refractivity contribution >= 4 is 32.4 Å². The minimum absolute atomic E-state index is 0.0495. The van der Waals surface area contributed by atoms with Crippen LogP contribution in [0.5, 0.6) is 5.75 Å². The first-order valence-corrected chi connectivity index (χ1v) is 9.52. The smallest absolute Gasteiger partial charge is 0.270 e. The van der Waals surface area contributed by atoms with Crippen LogP contribution < -0.4 is 4.74 Å². The fourth-order valence-corrected chi connectivity index (χ4v) is 4.49. The molecule has 6 heteroatoms. The minimum Gasteiger partial charge on any atom is -0.474 e. The van der Waals surface area contributed by atoms with Gasteiger partial charge in [-0.05, 0) is 42.9 Å². The average molecular weight is 427 g/mol. The standard InChI is InChI=1S/C21H19BrN2O3/c1-23(2)21-18(16-9-8-14(24(25)26)11-19(16)22)12-17-15-6-4-3-5-13(15)7-10-20(17)27-21/h3-11,18,21H,12H2,1-2H3/t18-,21+/m0/s1. The fraction of sp³-hybridized carbons (Fsp3) is 0.238. The van der Waals surface area contributed by atoms with E-state index >= 15 is 0 Å². The van der Waals surface area contributed by atoms with E-state index in [2.05, 4.69) is 39.0 Å². The highest BCUT2D eigenvalue weighted by Gasteiger charge is 2.35. The molecule has 138 valence electrons. The van der Waals surface area contributed by atoms with E-state index < -0.39 is 0 Å². The van der Waals surface area contributed by atoms with Crippen molar-refractivity contribution in [3.8, 4) is 5.75 Å². The van der Waals surface area contributed by atoms with Crippen molar-refractivity contribution in [2.75, 3.05) is 14.1 Å². The predicted molar refractivity (Wildman–Crippen MR) is 109 cm³/mol. The fourth-order valence-electron chi connectivity index (χ4n) is 3.83. The van der Waals surface area contributed by atoms with Crippen LogP contribution in [0.15, 0.2) is 59.1 Å². The number of halogens is 1. The van der Waals surface area contributed by atoms with Crippen molar-refractivity contribution in [3.05, 3.63) is 80.3 Å². The van der Waals surface area contributed by atoms with Gasteiger partial charge in [0.15, 0.2) is 6.23 Å². The Morgan fingerprint density at radius 2 is 1.93 bits per heavy atom. The molecular weight excluding hydrogens is 408 g/mol. The predicted octanol–water partition coefficient (Wildman–Crippen LogP) is 5.12. The number of fused-ring (bicyclic) bond motifs is 3. The third-order valence-corrected chi connectivity index (χ3v) is 5.80. The molecule has 0 saturated carbocycles. The summed E-state index contributed by atoms with van der Waals surface area (Å²) in [4.78, 5) is 12.8. The van der Waals surface area contributed by atoms with Gasteiger partial charge in [-0.15, -0.1) is 0 Å². The number of ether oxygens (including phenoxy) is 1. The molecule has 0 bridgehead atoms. The number of nitro benzene ring substituents is 1. The lowest BCUT2D eigenvalue weighted by molar-refractivity contribution is -0.384. The van der Waals surface area contributed by atoms with Gasteiger partial charge in [-0.3, -0.25) is 15.0 Å². The quantitative estimate of drug-likeness (QED) is 0.430. The van der Waals surface area contributed by atoms with Crippen molar-refractivity contribution in [2.45, 2.75) is 18.6 Å². The zero-order valence-electron chi connectivity index (χ0n) is 15.1. The van der Waals surface area contributed by atoms with Crippen molar-refractivity contribution in [1.82, 2.24) is 4.90 Å². The first kappa shape index (κ1) is 17.9. The molecule has 1 aliphatic heterocycles. The maximum atomic E-state index is 11.1. The van der Waals surface area contributed by atoms with Crippen LogP contribution in [-0.2, 0) is 6.42 Å². The Bertz CT molecular complexity index is 1040. The molecule has 2 atom stereocenters. The summed E-state index contributed by atoms with van der Waals surface area (Å²) in [5, 5.41) is 13.5. The van der Waals surface area contributed by atoms with Crippen molar-refractivity contribution in [1.29, 1.82) is 0 Å². The van der Waals surface area contributed by atoms with Crippen molar-refractivity contribution in [2.24, 2.45) is 0 Å². The molecular formula is C21H19BrN2O3. The maximum Gasteiger partial charge on any atom is 0.270 e. The minimum atomic E-state index is -0.377. The largest absolute Gasteiger partial charge is 0.474 e. The molecule has 0 aromatic heterocycles. The molecule has 0 spiro atoms. The second-order valence-electron chi connectivity index (χ2n) is 7.01. The molecule has 0 aliphatic carbocycles. The SMILES string of the molecule is CN(C)[C@@H]1Oc2ccc3ccccc3c2C[C@H]1c1ccc([N+](=O)[O-])cc1Br. The van der Waals surface area contributed by atoms with Crippen LogP contribution in [0.2, 0.25) is 0 Å². The second-order valence-corrected chi connectivity index (χ2v) is 7.86. The highest BCUT2D eigenvalue weighted by Crippen LogP contribution is 2.42. The number of rotatable bonds is 3. The molecule has 3 aromatic carbocycles. The van der Waals surface area contributed by atoms with Crippen LogP contribution in [0.3, 0.4) is 0 Å². The van der Waals surface area contributed by atoms with Crippen LogP contribution in [0.1, 0.15) is 17.0 Å². The van der Waals surface area contributed by atoms with Crippen molar-refractivity contribution < 1.29 is 9.66 Å². The van der Waals surface area contributed by atoms with Gasteiger partial charge in [-0.25, -0.2) is 0 Å². The number of nitrogens with zero attached hydrogens (tertiary/aromatic N) is 2. The maximum absolute atomic E-state index is 11.1. The summed E-state index contributed by atoms with van der Waals surface area (Å²) in [5.74, 6) is 0.954. The van der Waals surface area contributed by atoms with E-state index in [1.54, 1.807) is 12.1 Å². The molecule has 0 saturated heterocycles. The van der Waals surface area contributed by atoms with Crippen LogP contribution >= 0.6 is 15.9 Å². The number of nitro groups is 1. The molecule has 0 N–H and O–H groups in total. The first-order valence-electron chi connectivity index (χ1n) is 8.73. The molecule has 27 heavy (non-hydrogen) atoms. The highest BCUT2D eigenvalue weighted by atomic mass is 79.9. The van der Waals surface area contributed by atoms with Gasteiger partial charge in [0, 0.05) is 28.1 Å². The number of likely N-dealkylation sites (N-methyl/N-ethyl adjacent to an activating group) is 1. The van der Waals surface area contributed by atoms with Crippen LogP contribution in [-0.4, -0.2) is 30.1 Å². The monoisotopic (exact) mass is 426 g/mol. The molecule has 0 fully saturated rings. The van der Waals surface area contributed by atoms with Gasteiger partial charge in [0.1, 0.15) is 5.75 Å². The molecule has 1 heterocycles. The van der Waals surface area contributed by atoms with Gasteiger partial charge in [0.05, 0.1) is 4.92 Å². The Balaban J connectivity index is 1.83. The lowest BCUT2D eigenvalue weighted by Crippen LogP contribution is -2.42. The highest BCUT2D eigenvalue weighted by molar-refractivity contribution is 9.10. The van der Waals surface area contributed by atoms with E-state index in [0.29, 0.717) is 0 Å². The van der Waals surface area contributed by atoms with E-state index in [1.807, 2.05) is 38.4 Å². The summed E-state index contributed by atoms with van der Waals surface area (Å²) in [6.07, 6.45) is 0.645. The summed E-state index contributed by atoms with van der Waals surface area (Å²) < 4.78 is 7.11. The van der Waals surface area contributed by atoms with E-state index in [1.165, 1.54) is 16.3 Å². The topological polar surface area (TPSA) is 55.6 Å². The number of benzene rings is 3. The van der Waals surface area contributed by atoms with E-state index in [4.69, 9.17) is 4.74 Å². The second kappa shape index (κ2) is 6.94. The number of hydrogen-bond acceptors (Lipinski definition) is 4. The number of non-ortho nitro benzene ring substituents is 1. The molecule has 0 radical (unpaired) electrons. The Hall–Kier alpha value is -2.44. The number of hydrogen-bond donors (Lipinski definition) is 0. The van der Waals surface area contributed by atoms with Gasteiger partial charge in [0.2, 0.25) is 0 Å². The Morgan fingerprint density at radius 3 is 2.63 bits per heavy atom. The molecule has 4 rings (SSSR count). The summed E-state index contributed by atoms with van der Waals surface area (Å²) in [5.41, 5.74) is 2.27. The van der Waals surface area contributed by atoms with E-state index in [-0.39, 0.29) is 22.8 Å². The Morgan fingerprint density at radius 1 is 1.15 bits per heavy atom. The lowest BCUT2D eigenvalue weighted by atomic mass is 9.85. The van der Waals surface area contributed by atoms with Gasteiger partial charge >= 0.3 is 0 Å². The normalized spacial score (nSPS) is 19.0. The zero-order valence-corrected chi connectivity index (χ0v) is 16.6. The zero-order chi connectivity index (χ0) is 19.1. The van der Waals surface area contributed by atoms with Gasteiger partial charge in [-0.1, -0.05) is 52.3 Å². The Labute approximate surface area is 165 Å². The van der Waals surface area contributed by atoms with E-state index in [0.717, 1.165) is 22.2 Å². The molecule has 1 aliphatic rings. The van der Waals surface area contributed by atoms with Gasteiger partial charge in [-0.2, -0.15) is 0 Å². The third kappa shape index (κ3) is 3.19. The lowest BCUT2D eigenvalue weighted by Gasteiger charge is -2.38. The summed E-state index contributed by atoms with van der Waals surface area (Å²) in [6.45, 7) is 0. The first-order chi connectivity index (χ1) is 13.0. The van der Waals surface area contributed by atoms with E-state index in [9.17, 15) is 10.1 Å². The molecule has 0 amide bonds. The average Bonchev–Trinajstić information content (AvgIpc) is 2.66.